The smallest absolute Gasteiger partial charge is 0.338 e. The maximum absolute atomic E-state index is 12.3. The van der Waals surface area contributed by atoms with Gasteiger partial charge in [0.1, 0.15) is 24.9 Å². The Balaban J connectivity index is 1.57. The average Bonchev–Trinajstić information content (AvgIpc) is 3.23. The van der Waals surface area contributed by atoms with Crippen LogP contribution in [0.1, 0.15) is 22.0 Å². The molecule has 0 bridgehead atoms. The number of carbonyl (C=O) groups is 1. The van der Waals surface area contributed by atoms with Gasteiger partial charge >= 0.3 is 12.0 Å². The van der Waals surface area contributed by atoms with Crippen LogP contribution in [0, 0.1) is 6.92 Å². The molecular formula is C18H17N5O5. The van der Waals surface area contributed by atoms with Crippen molar-refractivity contribution in [2.75, 3.05) is 13.2 Å². The number of rotatable bonds is 5. The van der Waals surface area contributed by atoms with Crippen LogP contribution in [0.4, 0.5) is 0 Å². The van der Waals surface area contributed by atoms with Crippen molar-refractivity contribution < 1.29 is 19.0 Å². The predicted molar refractivity (Wildman–Crippen MR) is 96.1 cm³/mol. The van der Waals surface area contributed by atoms with Gasteiger partial charge in [0.15, 0.2) is 6.10 Å². The van der Waals surface area contributed by atoms with E-state index in [2.05, 4.69) is 15.0 Å². The van der Waals surface area contributed by atoms with E-state index in [1.54, 1.807) is 42.0 Å². The molecule has 1 aromatic carbocycles. The molecule has 4 atom stereocenters. The van der Waals surface area contributed by atoms with E-state index >= 15 is 0 Å². The first-order valence-electron chi connectivity index (χ1n) is 8.73. The van der Waals surface area contributed by atoms with Gasteiger partial charge in [0, 0.05) is 16.7 Å². The molecule has 1 aromatic heterocycles. The summed E-state index contributed by atoms with van der Waals surface area (Å²) in [6.07, 6.45) is 0.0697. The highest BCUT2D eigenvalue weighted by Gasteiger charge is 2.52. The summed E-state index contributed by atoms with van der Waals surface area (Å²) in [5.41, 5.74) is 9.15. The van der Waals surface area contributed by atoms with Gasteiger partial charge in [0.25, 0.3) is 5.56 Å². The van der Waals surface area contributed by atoms with Crippen LogP contribution >= 0.6 is 0 Å². The molecule has 0 amide bonds. The highest BCUT2D eigenvalue weighted by molar-refractivity contribution is 5.89. The van der Waals surface area contributed by atoms with Crippen molar-refractivity contribution in [3.63, 3.8) is 0 Å². The average molecular weight is 383 g/mol. The maximum Gasteiger partial charge on any atom is 0.338 e. The van der Waals surface area contributed by atoms with E-state index in [1.165, 1.54) is 0 Å². The minimum Gasteiger partial charge on any atom is -0.459 e. The summed E-state index contributed by atoms with van der Waals surface area (Å²) in [5.74, 6) is -0.465. The third kappa shape index (κ3) is 3.19. The molecule has 2 aliphatic heterocycles. The lowest BCUT2D eigenvalue weighted by atomic mass is 10.1. The number of aryl methyl sites for hydroxylation is 1. The number of esters is 1. The molecule has 3 heterocycles. The van der Waals surface area contributed by atoms with Crippen LogP contribution in [0.3, 0.4) is 0 Å². The van der Waals surface area contributed by atoms with Gasteiger partial charge in [-0.3, -0.25) is 9.36 Å². The molecule has 2 aromatic rings. The molecule has 0 unspecified atom stereocenters. The van der Waals surface area contributed by atoms with Crippen molar-refractivity contribution in [1.82, 2.24) is 9.55 Å². The predicted octanol–water partition coefficient (Wildman–Crippen LogP) is 1.79. The second-order valence-corrected chi connectivity index (χ2v) is 6.58. The van der Waals surface area contributed by atoms with Crippen molar-refractivity contribution in [1.29, 1.82) is 0 Å². The molecule has 10 heteroatoms. The van der Waals surface area contributed by atoms with Crippen molar-refractivity contribution in [3.05, 3.63) is 68.5 Å². The van der Waals surface area contributed by atoms with Gasteiger partial charge in [-0.25, -0.2) is 4.79 Å². The van der Waals surface area contributed by atoms with Gasteiger partial charge in [0.2, 0.25) is 0 Å². The Morgan fingerprint density at radius 2 is 2.14 bits per heavy atom. The van der Waals surface area contributed by atoms with E-state index < -0.39 is 24.3 Å². The summed E-state index contributed by atoms with van der Waals surface area (Å²) in [6.45, 7) is 1.70. The minimum atomic E-state index is -0.543. The zero-order chi connectivity index (χ0) is 19.7. The minimum absolute atomic E-state index is 0.0182. The molecule has 4 rings (SSSR count). The van der Waals surface area contributed by atoms with Crippen LogP contribution in [-0.2, 0) is 9.47 Å². The van der Waals surface area contributed by atoms with Gasteiger partial charge < -0.3 is 14.2 Å². The number of hydrogen-bond acceptors (Lipinski definition) is 7. The molecule has 0 N–H and O–H groups in total. The van der Waals surface area contributed by atoms with Crippen LogP contribution in [0.15, 0.2) is 46.4 Å². The SMILES string of the molecule is Cc1cn2c(nc1=O)O[C@H]1[C@@H]2[C@H](COC(=O)c2ccccc2)O[C@H]1CN=[N+]=[N-]. The standard InChI is InChI=1S/C18H17N5O5/c1-10-8-23-14-13(9-26-17(25)11-5-3-2-4-6-11)27-12(7-20-22-19)15(14)28-18(23)21-16(10)24/h2-6,8,12-15H,7,9H2,1H3/t12-,13-,14-,15+/m0/s1. The zero-order valence-electron chi connectivity index (χ0n) is 15.0. The lowest BCUT2D eigenvalue weighted by Gasteiger charge is -2.18. The molecular weight excluding hydrogens is 366 g/mol. The largest absolute Gasteiger partial charge is 0.459 e. The molecule has 0 spiro atoms. The van der Waals surface area contributed by atoms with Gasteiger partial charge in [-0.15, -0.1) is 0 Å². The van der Waals surface area contributed by atoms with Crippen LogP contribution in [0.2, 0.25) is 0 Å². The number of carbonyl (C=O) groups excluding carboxylic acids is 1. The molecule has 144 valence electrons. The van der Waals surface area contributed by atoms with Gasteiger partial charge in [-0.2, -0.15) is 4.98 Å². The molecule has 0 aliphatic carbocycles. The third-order valence-electron chi connectivity index (χ3n) is 4.80. The fourth-order valence-corrected chi connectivity index (χ4v) is 3.49. The van der Waals surface area contributed by atoms with Gasteiger partial charge in [0.05, 0.1) is 12.1 Å². The second-order valence-electron chi connectivity index (χ2n) is 6.58. The Morgan fingerprint density at radius 3 is 2.89 bits per heavy atom. The van der Waals surface area contributed by atoms with Crippen LogP contribution < -0.4 is 10.3 Å². The molecule has 1 fully saturated rings. The molecule has 28 heavy (non-hydrogen) atoms. The van der Waals surface area contributed by atoms with Crippen molar-refractivity contribution in [2.45, 2.75) is 31.3 Å². The first kappa shape index (κ1) is 18.0. The Kier molecular flexibility index (Phi) is 4.72. The normalized spacial score (nSPS) is 24.6. The second kappa shape index (κ2) is 7.34. The van der Waals surface area contributed by atoms with Crippen LogP contribution in [-0.4, -0.2) is 47.0 Å². The number of aromatic nitrogens is 2. The summed E-state index contributed by atoms with van der Waals surface area (Å²) >= 11 is 0. The fraction of sp³-hybridized carbons (Fsp3) is 0.389. The summed E-state index contributed by atoms with van der Waals surface area (Å²) < 4.78 is 18.9. The topological polar surface area (TPSA) is 128 Å². The lowest BCUT2D eigenvalue weighted by Crippen LogP contribution is -2.31. The Bertz CT molecular complexity index is 1000. The van der Waals surface area contributed by atoms with E-state index in [9.17, 15) is 9.59 Å². The Hall–Kier alpha value is -3.36. The molecule has 10 nitrogen and oxygen atoms in total. The van der Waals surface area contributed by atoms with Crippen molar-refractivity contribution in [2.24, 2.45) is 5.11 Å². The monoisotopic (exact) mass is 383 g/mol. The molecule has 1 saturated heterocycles. The zero-order valence-corrected chi connectivity index (χ0v) is 15.0. The first-order valence-corrected chi connectivity index (χ1v) is 8.73. The van der Waals surface area contributed by atoms with E-state index in [0.29, 0.717) is 11.1 Å². The highest BCUT2D eigenvalue weighted by Crippen LogP contribution is 2.41. The summed E-state index contributed by atoms with van der Waals surface area (Å²) in [6, 6.07) is 8.46. The maximum atomic E-state index is 12.3. The number of ether oxygens (including phenoxy) is 3. The van der Waals surface area contributed by atoms with E-state index in [1.807, 2.05) is 6.07 Å². The third-order valence-corrected chi connectivity index (χ3v) is 4.80. The number of hydrogen-bond donors (Lipinski definition) is 0. The van der Waals surface area contributed by atoms with Crippen molar-refractivity contribution >= 4 is 5.97 Å². The number of nitrogens with zero attached hydrogens (tertiary/aromatic N) is 5. The number of azide groups is 1. The Labute approximate surface area is 159 Å². The number of fused-ring (bicyclic) bond motifs is 3. The summed E-state index contributed by atoms with van der Waals surface area (Å²) in [7, 11) is 0. The fourth-order valence-electron chi connectivity index (χ4n) is 3.49. The first-order chi connectivity index (χ1) is 13.6. The number of benzene rings is 1. The Morgan fingerprint density at radius 1 is 1.36 bits per heavy atom. The van der Waals surface area contributed by atoms with Gasteiger partial charge in [-0.05, 0) is 24.6 Å². The summed E-state index contributed by atoms with van der Waals surface area (Å²) in [5, 5.41) is 3.57. The van der Waals surface area contributed by atoms with Crippen molar-refractivity contribution in [3.8, 4) is 6.01 Å². The molecule has 2 aliphatic rings. The molecule has 0 saturated carbocycles. The van der Waals surface area contributed by atoms with Crippen LogP contribution in [0.5, 0.6) is 6.01 Å². The quantitative estimate of drug-likeness (QED) is 0.335. The van der Waals surface area contributed by atoms with Crippen LogP contribution in [0.25, 0.3) is 10.4 Å². The van der Waals surface area contributed by atoms with E-state index in [0.717, 1.165) is 0 Å². The lowest BCUT2D eigenvalue weighted by molar-refractivity contribution is -0.0222. The molecule has 0 radical (unpaired) electrons. The highest BCUT2D eigenvalue weighted by atomic mass is 16.6. The van der Waals surface area contributed by atoms with E-state index in [4.69, 9.17) is 19.7 Å². The van der Waals surface area contributed by atoms with E-state index in [-0.39, 0.29) is 30.8 Å². The van der Waals surface area contributed by atoms with Gasteiger partial charge in [-0.1, -0.05) is 23.3 Å². The summed E-state index contributed by atoms with van der Waals surface area (Å²) in [4.78, 5) is 30.8.